The molecular weight excluding hydrogens is 358 g/mol. The second kappa shape index (κ2) is 7.61. The number of benzene rings is 1. The molecule has 1 N–H and O–H groups in total. The van der Waals surface area contributed by atoms with Gasteiger partial charge in [0.25, 0.3) is 0 Å². The lowest BCUT2D eigenvalue weighted by atomic mass is 9.89. The largest absolute Gasteiger partial charge is 0.504 e. The minimum absolute atomic E-state index is 0.0973. The SMILES string of the molecule is CCOc1cc(-c2noc(C3CCc4nnn(CC(C)C)c4C3)n2)ccc1O. The van der Waals surface area contributed by atoms with Crippen molar-refractivity contribution < 1.29 is 14.4 Å². The number of hydrogen-bond acceptors (Lipinski definition) is 7. The molecule has 0 bridgehead atoms. The van der Waals surface area contributed by atoms with Crippen molar-refractivity contribution in [3.63, 3.8) is 0 Å². The fourth-order valence-corrected chi connectivity index (χ4v) is 3.58. The van der Waals surface area contributed by atoms with Crippen molar-refractivity contribution in [1.29, 1.82) is 0 Å². The lowest BCUT2D eigenvalue weighted by Crippen LogP contribution is -2.18. The molecule has 148 valence electrons. The first-order valence-corrected chi connectivity index (χ1v) is 9.76. The molecule has 1 atom stereocenters. The van der Waals surface area contributed by atoms with Crippen LogP contribution in [-0.4, -0.2) is 36.8 Å². The van der Waals surface area contributed by atoms with Gasteiger partial charge in [-0.05, 0) is 43.9 Å². The van der Waals surface area contributed by atoms with Gasteiger partial charge in [-0.15, -0.1) is 5.10 Å². The van der Waals surface area contributed by atoms with Crippen molar-refractivity contribution in [2.75, 3.05) is 6.61 Å². The highest BCUT2D eigenvalue weighted by Gasteiger charge is 2.29. The van der Waals surface area contributed by atoms with Crippen molar-refractivity contribution in [2.45, 2.75) is 52.5 Å². The van der Waals surface area contributed by atoms with Crippen molar-refractivity contribution >= 4 is 0 Å². The van der Waals surface area contributed by atoms with Gasteiger partial charge in [0.1, 0.15) is 0 Å². The molecule has 1 aromatic carbocycles. The number of phenols is 1. The van der Waals surface area contributed by atoms with Crippen LogP contribution in [0.5, 0.6) is 11.5 Å². The average molecular weight is 383 g/mol. The van der Waals surface area contributed by atoms with Gasteiger partial charge in [0.2, 0.25) is 11.7 Å². The summed E-state index contributed by atoms with van der Waals surface area (Å²) < 4.78 is 13.0. The molecule has 28 heavy (non-hydrogen) atoms. The van der Waals surface area contributed by atoms with Gasteiger partial charge in [0.15, 0.2) is 11.5 Å². The number of rotatable bonds is 6. The monoisotopic (exact) mass is 383 g/mol. The number of aryl methyl sites for hydroxylation is 1. The smallest absolute Gasteiger partial charge is 0.230 e. The Morgan fingerprint density at radius 1 is 1.36 bits per heavy atom. The fourth-order valence-electron chi connectivity index (χ4n) is 3.58. The van der Waals surface area contributed by atoms with E-state index in [1.807, 2.05) is 11.6 Å². The van der Waals surface area contributed by atoms with Crippen LogP contribution in [0.25, 0.3) is 11.4 Å². The van der Waals surface area contributed by atoms with E-state index in [-0.39, 0.29) is 11.7 Å². The van der Waals surface area contributed by atoms with Crippen molar-refractivity contribution in [3.05, 3.63) is 35.5 Å². The van der Waals surface area contributed by atoms with Gasteiger partial charge in [-0.1, -0.05) is 24.2 Å². The van der Waals surface area contributed by atoms with Gasteiger partial charge in [0.05, 0.1) is 18.0 Å². The maximum Gasteiger partial charge on any atom is 0.230 e. The zero-order chi connectivity index (χ0) is 19.7. The number of nitrogens with zero attached hydrogens (tertiary/aromatic N) is 5. The molecule has 0 spiro atoms. The topological polar surface area (TPSA) is 99.1 Å². The zero-order valence-electron chi connectivity index (χ0n) is 16.4. The number of aromatic hydroxyl groups is 1. The number of phenolic OH excluding ortho intramolecular Hbond substituents is 1. The number of ether oxygens (including phenoxy) is 1. The zero-order valence-corrected chi connectivity index (χ0v) is 16.4. The van der Waals surface area contributed by atoms with E-state index in [9.17, 15) is 5.11 Å². The molecule has 0 aliphatic heterocycles. The van der Waals surface area contributed by atoms with Crippen LogP contribution in [0.15, 0.2) is 22.7 Å². The standard InChI is InChI=1S/C20H25N5O3/c1-4-27-18-10-13(6-8-17(18)26)19-21-20(28-23-19)14-5-7-15-16(9-14)25(24-22-15)11-12(2)3/h6,8,10,12,14,26H,4-5,7,9,11H2,1-3H3. The molecule has 0 saturated carbocycles. The van der Waals surface area contributed by atoms with E-state index in [0.717, 1.165) is 37.1 Å². The molecule has 3 aromatic rings. The molecule has 2 heterocycles. The van der Waals surface area contributed by atoms with E-state index in [1.165, 1.54) is 5.69 Å². The summed E-state index contributed by atoms with van der Waals surface area (Å²) in [4.78, 5) is 4.62. The molecule has 1 aliphatic carbocycles. The van der Waals surface area contributed by atoms with Gasteiger partial charge >= 0.3 is 0 Å². The van der Waals surface area contributed by atoms with Gasteiger partial charge in [-0.3, -0.25) is 0 Å². The molecule has 2 aromatic heterocycles. The molecule has 1 unspecified atom stereocenters. The Morgan fingerprint density at radius 3 is 3.00 bits per heavy atom. The second-order valence-corrected chi connectivity index (χ2v) is 7.57. The molecule has 8 nitrogen and oxygen atoms in total. The van der Waals surface area contributed by atoms with E-state index in [1.54, 1.807) is 18.2 Å². The molecule has 0 amide bonds. The maximum atomic E-state index is 9.88. The van der Waals surface area contributed by atoms with Crippen LogP contribution in [0.3, 0.4) is 0 Å². The van der Waals surface area contributed by atoms with E-state index in [0.29, 0.717) is 30.0 Å². The Bertz CT molecular complexity index is 963. The summed E-state index contributed by atoms with van der Waals surface area (Å²) in [6, 6.07) is 5.07. The third kappa shape index (κ3) is 3.58. The number of aromatic nitrogens is 5. The number of fused-ring (bicyclic) bond motifs is 1. The van der Waals surface area contributed by atoms with Crippen LogP contribution in [0.2, 0.25) is 0 Å². The molecule has 1 aliphatic rings. The minimum atomic E-state index is 0.0973. The highest BCUT2D eigenvalue weighted by atomic mass is 16.5. The Morgan fingerprint density at radius 2 is 2.21 bits per heavy atom. The normalized spacial score (nSPS) is 16.4. The summed E-state index contributed by atoms with van der Waals surface area (Å²) in [6.07, 6.45) is 2.58. The average Bonchev–Trinajstić information content (AvgIpc) is 3.31. The van der Waals surface area contributed by atoms with Crippen LogP contribution in [-0.2, 0) is 19.4 Å². The van der Waals surface area contributed by atoms with Crippen molar-refractivity contribution in [3.8, 4) is 22.9 Å². The fraction of sp³-hybridized carbons (Fsp3) is 0.500. The van der Waals surface area contributed by atoms with E-state index in [4.69, 9.17) is 9.26 Å². The Balaban J connectivity index is 1.56. The minimum Gasteiger partial charge on any atom is -0.504 e. The van der Waals surface area contributed by atoms with Gasteiger partial charge in [0, 0.05) is 24.4 Å². The Labute approximate surface area is 163 Å². The van der Waals surface area contributed by atoms with E-state index >= 15 is 0 Å². The summed E-state index contributed by atoms with van der Waals surface area (Å²) >= 11 is 0. The molecule has 8 heteroatoms. The highest BCUT2D eigenvalue weighted by molar-refractivity contribution is 5.60. The predicted molar refractivity (Wildman–Crippen MR) is 102 cm³/mol. The lowest BCUT2D eigenvalue weighted by Gasteiger charge is -2.19. The summed E-state index contributed by atoms with van der Waals surface area (Å²) in [5.41, 5.74) is 3.00. The highest BCUT2D eigenvalue weighted by Crippen LogP contribution is 2.34. The van der Waals surface area contributed by atoms with Crippen molar-refractivity contribution in [2.24, 2.45) is 5.92 Å². The van der Waals surface area contributed by atoms with Gasteiger partial charge in [-0.25, -0.2) is 4.68 Å². The third-order valence-electron chi connectivity index (χ3n) is 4.93. The molecule has 0 fully saturated rings. The summed E-state index contributed by atoms with van der Waals surface area (Å²) in [5, 5.41) is 22.7. The first-order chi connectivity index (χ1) is 13.5. The van der Waals surface area contributed by atoms with Crippen LogP contribution in [0.4, 0.5) is 0 Å². The van der Waals surface area contributed by atoms with E-state index in [2.05, 4.69) is 34.3 Å². The van der Waals surface area contributed by atoms with Gasteiger partial charge in [-0.2, -0.15) is 4.98 Å². The lowest BCUT2D eigenvalue weighted by molar-refractivity contribution is 0.318. The maximum absolute atomic E-state index is 9.88. The quantitative estimate of drug-likeness (QED) is 0.697. The van der Waals surface area contributed by atoms with Crippen LogP contribution in [0, 0.1) is 5.92 Å². The summed E-state index contributed by atoms with van der Waals surface area (Å²) in [7, 11) is 0. The third-order valence-corrected chi connectivity index (χ3v) is 4.93. The Hall–Kier alpha value is -2.90. The summed E-state index contributed by atoms with van der Waals surface area (Å²) in [5.74, 6) is 2.30. The van der Waals surface area contributed by atoms with Crippen LogP contribution >= 0.6 is 0 Å². The first-order valence-electron chi connectivity index (χ1n) is 9.76. The van der Waals surface area contributed by atoms with Crippen LogP contribution < -0.4 is 4.74 Å². The summed E-state index contributed by atoms with van der Waals surface area (Å²) in [6.45, 7) is 7.54. The molecule has 0 radical (unpaired) electrons. The molecule has 0 saturated heterocycles. The Kier molecular flexibility index (Phi) is 5.02. The van der Waals surface area contributed by atoms with E-state index < -0.39 is 0 Å². The second-order valence-electron chi connectivity index (χ2n) is 7.57. The van der Waals surface area contributed by atoms with Crippen molar-refractivity contribution in [1.82, 2.24) is 25.1 Å². The molecular formula is C20H25N5O3. The van der Waals surface area contributed by atoms with Gasteiger partial charge < -0.3 is 14.4 Å². The predicted octanol–water partition coefficient (Wildman–Crippen LogP) is 3.36. The van der Waals surface area contributed by atoms with Crippen LogP contribution in [0.1, 0.15) is 50.4 Å². The molecule has 4 rings (SSSR count). The first kappa shape index (κ1) is 18.5. The number of hydrogen-bond donors (Lipinski definition) is 1.